The number of hydrogen-bond donors (Lipinski definition) is 0. The molecule has 134 valence electrons. The van der Waals surface area contributed by atoms with Crippen molar-refractivity contribution in [2.75, 3.05) is 0 Å². The van der Waals surface area contributed by atoms with Gasteiger partial charge in [0.15, 0.2) is 11.6 Å². The molecule has 1 aliphatic rings. The smallest absolute Gasteiger partial charge is 0.175 e. The quantitative estimate of drug-likeness (QED) is 0.500. The molecule has 0 spiro atoms. The standard InChI is InChI=1S/C23H16Cl2O2/c1-13-7-2-3-8-14(13)19(20-17(24)11-6-12-18(20)25)21-22(26)15-9-4-5-10-16(15)23(21)27/h2-12,19,21H,1H3. The van der Waals surface area contributed by atoms with Gasteiger partial charge in [-0.2, -0.15) is 0 Å². The molecule has 1 aliphatic carbocycles. The highest BCUT2D eigenvalue weighted by atomic mass is 35.5. The lowest BCUT2D eigenvalue weighted by Gasteiger charge is -2.26. The molecule has 0 heterocycles. The lowest BCUT2D eigenvalue weighted by molar-refractivity contribution is 0.0825. The molecule has 0 fully saturated rings. The van der Waals surface area contributed by atoms with Crippen LogP contribution < -0.4 is 0 Å². The Morgan fingerprint density at radius 3 is 1.81 bits per heavy atom. The van der Waals surface area contributed by atoms with Gasteiger partial charge in [0.25, 0.3) is 0 Å². The van der Waals surface area contributed by atoms with E-state index in [4.69, 9.17) is 23.2 Å². The summed E-state index contributed by atoms with van der Waals surface area (Å²) in [5.41, 5.74) is 3.42. The Kier molecular flexibility index (Phi) is 4.63. The average molecular weight is 395 g/mol. The summed E-state index contributed by atoms with van der Waals surface area (Å²) in [4.78, 5) is 26.4. The van der Waals surface area contributed by atoms with Crippen LogP contribution in [0, 0.1) is 12.8 Å². The Morgan fingerprint density at radius 1 is 0.741 bits per heavy atom. The van der Waals surface area contributed by atoms with Gasteiger partial charge in [-0.15, -0.1) is 0 Å². The summed E-state index contributed by atoms with van der Waals surface area (Å²) in [6.07, 6.45) is 0. The second-order valence-electron chi connectivity index (χ2n) is 6.72. The van der Waals surface area contributed by atoms with Crippen LogP contribution in [0.3, 0.4) is 0 Å². The number of benzene rings is 3. The predicted molar refractivity (Wildman–Crippen MR) is 108 cm³/mol. The van der Waals surface area contributed by atoms with E-state index in [1.807, 2.05) is 31.2 Å². The second-order valence-corrected chi connectivity index (χ2v) is 7.54. The molecule has 3 aromatic rings. The Morgan fingerprint density at radius 2 is 1.26 bits per heavy atom. The van der Waals surface area contributed by atoms with Crippen molar-refractivity contribution in [3.05, 3.63) is 105 Å². The van der Waals surface area contributed by atoms with Crippen molar-refractivity contribution in [1.82, 2.24) is 0 Å². The van der Waals surface area contributed by atoms with Crippen molar-refractivity contribution in [3.8, 4) is 0 Å². The maximum atomic E-state index is 13.2. The molecular weight excluding hydrogens is 379 g/mol. The third kappa shape index (κ3) is 2.90. The highest BCUT2D eigenvalue weighted by molar-refractivity contribution is 6.36. The molecule has 3 aromatic carbocycles. The fourth-order valence-electron chi connectivity index (χ4n) is 3.92. The van der Waals surface area contributed by atoms with Crippen molar-refractivity contribution in [1.29, 1.82) is 0 Å². The van der Waals surface area contributed by atoms with E-state index in [-0.39, 0.29) is 11.6 Å². The number of Topliss-reactive ketones (excluding diaryl/α,β-unsaturated/α-hetero) is 2. The summed E-state index contributed by atoms with van der Waals surface area (Å²) in [6, 6.07) is 19.9. The number of carbonyl (C=O) groups is 2. The molecule has 4 rings (SSSR count). The minimum Gasteiger partial charge on any atom is -0.293 e. The zero-order chi connectivity index (χ0) is 19.1. The summed E-state index contributed by atoms with van der Waals surface area (Å²) < 4.78 is 0. The number of halogens is 2. The Balaban J connectivity index is 1.97. The number of ketones is 2. The Bertz CT molecular complexity index is 1020. The van der Waals surface area contributed by atoms with Gasteiger partial charge in [0.2, 0.25) is 0 Å². The molecular formula is C23H16Cl2O2. The van der Waals surface area contributed by atoms with Gasteiger partial charge >= 0.3 is 0 Å². The Labute approximate surface area is 167 Å². The van der Waals surface area contributed by atoms with E-state index in [9.17, 15) is 9.59 Å². The number of rotatable bonds is 3. The van der Waals surface area contributed by atoms with Gasteiger partial charge in [-0.3, -0.25) is 9.59 Å². The SMILES string of the molecule is Cc1ccccc1C(c1c(Cl)cccc1Cl)C1C(=O)c2ccccc2C1=O. The summed E-state index contributed by atoms with van der Waals surface area (Å²) >= 11 is 13.0. The van der Waals surface area contributed by atoms with Crippen LogP contribution >= 0.6 is 23.2 Å². The molecule has 2 nitrogen and oxygen atoms in total. The molecule has 1 unspecified atom stereocenters. The van der Waals surface area contributed by atoms with Crippen molar-refractivity contribution < 1.29 is 9.59 Å². The van der Waals surface area contributed by atoms with Gasteiger partial charge in [-0.1, -0.05) is 77.8 Å². The topological polar surface area (TPSA) is 34.1 Å². The minimum atomic E-state index is -0.874. The molecule has 0 amide bonds. The van der Waals surface area contributed by atoms with Crippen LogP contribution in [0.4, 0.5) is 0 Å². The van der Waals surface area contributed by atoms with Gasteiger partial charge in [0.05, 0.1) is 5.92 Å². The molecule has 1 atom stereocenters. The number of hydrogen-bond acceptors (Lipinski definition) is 2. The molecule has 0 radical (unpaired) electrons. The van der Waals surface area contributed by atoms with Crippen molar-refractivity contribution >= 4 is 34.8 Å². The minimum absolute atomic E-state index is 0.181. The average Bonchev–Trinajstić information content (AvgIpc) is 2.91. The van der Waals surface area contributed by atoms with E-state index < -0.39 is 11.8 Å². The predicted octanol–water partition coefficient (Wildman–Crippen LogP) is 6.13. The van der Waals surface area contributed by atoms with Crippen LogP contribution in [0.25, 0.3) is 0 Å². The second kappa shape index (κ2) is 6.95. The van der Waals surface area contributed by atoms with Crippen LogP contribution in [0.15, 0.2) is 66.7 Å². The van der Waals surface area contributed by atoms with Crippen LogP contribution in [0.5, 0.6) is 0 Å². The van der Waals surface area contributed by atoms with E-state index in [1.165, 1.54) is 0 Å². The van der Waals surface area contributed by atoms with E-state index in [1.54, 1.807) is 42.5 Å². The zero-order valence-corrected chi connectivity index (χ0v) is 16.1. The molecule has 0 N–H and O–H groups in total. The molecule has 27 heavy (non-hydrogen) atoms. The fraction of sp³-hybridized carbons (Fsp3) is 0.130. The molecule has 0 saturated heterocycles. The highest BCUT2D eigenvalue weighted by Gasteiger charge is 2.45. The summed E-state index contributed by atoms with van der Waals surface area (Å²) in [6.45, 7) is 1.96. The van der Waals surface area contributed by atoms with Crippen LogP contribution in [0.1, 0.15) is 43.3 Å². The maximum absolute atomic E-state index is 13.2. The van der Waals surface area contributed by atoms with Crippen molar-refractivity contribution in [2.24, 2.45) is 5.92 Å². The lowest BCUT2D eigenvalue weighted by Crippen LogP contribution is -2.26. The molecule has 4 heteroatoms. The van der Waals surface area contributed by atoms with Crippen molar-refractivity contribution in [3.63, 3.8) is 0 Å². The van der Waals surface area contributed by atoms with E-state index in [0.717, 1.165) is 11.1 Å². The zero-order valence-electron chi connectivity index (χ0n) is 14.6. The maximum Gasteiger partial charge on any atom is 0.175 e. The number of fused-ring (bicyclic) bond motifs is 1. The third-order valence-corrected chi connectivity index (χ3v) is 5.85. The molecule has 0 bridgehead atoms. The van der Waals surface area contributed by atoms with E-state index in [2.05, 4.69) is 0 Å². The van der Waals surface area contributed by atoms with Gasteiger partial charge in [0, 0.05) is 27.1 Å². The van der Waals surface area contributed by atoms with Crippen LogP contribution in [0.2, 0.25) is 10.0 Å². The first kappa shape index (κ1) is 18.0. The molecule has 0 aliphatic heterocycles. The highest BCUT2D eigenvalue weighted by Crippen LogP contribution is 2.45. The monoisotopic (exact) mass is 394 g/mol. The lowest BCUT2D eigenvalue weighted by atomic mass is 9.76. The van der Waals surface area contributed by atoms with Gasteiger partial charge in [0.1, 0.15) is 0 Å². The Hall–Kier alpha value is -2.42. The van der Waals surface area contributed by atoms with Crippen molar-refractivity contribution in [2.45, 2.75) is 12.8 Å². The summed E-state index contributed by atoms with van der Waals surface area (Å²) in [5, 5.41) is 0.902. The number of aryl methyl sites for hydroxylation is 1. The molecule has 0 saturated carbocycles. The normalized spacial score (nSPS) is 15.1. The third-order valence-electron chi connectivity index (χ3n) is 5.19. The largest absolute Gasteiger partial charge is 0.293 e. The fourth-order valence-corrected chi connectivity index (χ4v) is 4.55. The van der Waals surface area contributed by atoms with E-state index >= 15 is 0 Å². The first-order valence-corrected chi connectivity index (χ1v) is 9.43. The van der Waals surface area contributed by atoms with Gasteiger partial charge in [-0.05, 0) is 35.7 Å². The first-order valence-electron chi connectivity index (χ1n) is 8.67. The first-order chi connectivity index (χ1) is 13.0. The molecule has 0 aromatic heterocycles. The summed E-state index contributed by atoms with van der Waals surface area (Å²) in [5.74, 6) is -1.78. The number of carbonyl (C=O) groups excluding carboxylic acids is 2. The van der Waals surface area contributed by atoms with Crippen LogP contribution in [-0.2, 0) is 0 Å². The van der Waals surface area contributed by atoms with Crippen LogP contribution in [-0.4, -0.2) is 11.6 Å². The van der Waals surface area contributed by atoms with Gasteiger partial charge in [-0.25, -0.2) is 0 Å². The van der Waals surface area contributed by atoms with E-state index in [0.29, 0.717) is 26.7 Å². The summed E-state index contributed by atoms with van der Waals surface area (Å²) in [7, 11) is 0. The van der Waals surface area contributed by atoms with Gasteiger partial charge < -0.3 is 0 Å².